The molecule has 6 nitrogen and oxygen atoms in total. The van der Waals surface area contributed by atoms with Crippen LogP contribution in [0, 0.1) is 0 Å². The lowest BCUT2D eigenvalue weighted by Gasteiger charge is -2.42. The Balaban J connectivity index is 1.70. The summed E-state index contributed by atoms with van der Waals surface area (Å²) in [5, 5.41) is 0. The maximum Gasteiger partial charge on any atom is 0.294 e. The zero-order valence-electron chi connectivity index (χ0n) is 15.0. The Bertz CT molecular complexity index is 782. The first-order chi connectivity index (χ1) is 12.4. The molecular weight excluding hydrogens is 352 g/mol. The predicted octanol–water partition coefficient (Wildman–Crippen LogP) is 2.12. The fraction of sp³-hybridized carbons (Fsp3) is 0.526. The monoisotopic (exact) mass is 378 g/mol. The molecule has 26 heavy (non-hydrogen) atoms. The average Bonchev–Trinajstić information content (AvgIpc) is 3.15. The summed E-state index contributed by atoms with van der Waals surface area (Å²) in [5.41, 5.74) is 0.590. The fourth-order valence-corrected chi connectivity index (χ4v) is 4.59. The van der Waals surface area contributed by atoms with Crippen LogP contribution in [-0.2, 0) is 21.3 Å². The lowest BCUT2D eigenvalue weighted by Crippen LogP contribution is -2.53. The number of likely N-dealkylation sites (N-methyl/N-ethyl adjacent to an activating group) is 1. The van der Waals surface area contributed by atoms with Gasteiger partial charge in [-0.05, 0) is 30.5 Å². The highest BCUT2D eigenvalue weighted by atomic mass is 32.2. The van der Waals surface area contributed by atoms with Gasteiger partial charge >= 0.3 is 0 Å². The van der Waals surface area contributed by atoms with Crippen LogP contribution in [0.4, 0.5) is 0 Å². The van der Waals surface area contributed by atoms with Gasteiger partial charge in [-0.15, -0.1) is 0 Å². The van der Waals surface area contributed by atoms with Crippen LogP contribution in [0.15, 0.2) is 41.3 Å². The van der Waals surface area contributed by atoms with Crippen LogP contribution in [0.1, 0.15) is 31.2 Å². The highest BCUT2D eigenvalue weighted by Crippen LogP contribution is 2.28. The Kier molecular flexibility index (Phi) is 5.79. The molecule has 1 saturated carbocycles. The van der Waals surface area contributed by atoms with Crippen molar-refractivity contribution in [3.63, 3.8) is 0 Å². The molecule has 1 heterocycles. The smallest absolute Gasteiger partial charge is 0.294 e. The number of nitrogens with zero attached hydrogens (tertiary/aromatic N) is 2. The SMILES string of the molecule is CN(C(=O)Cc1cccc(S(=O)(=O)O)c1)C1CCCCC1N1CC=CC1. The summed E-state index contributed by atoms with van der Waals surface area (Å²) in [4.78, 5) is 16.9. The number of carbonyl (C=O) groups excluding carboxylic acids is 1. The van der Waals surface area contributed by atoms with Gasteiger partial charge in [0.15, 0.2) is 0 Å². The first-order valence-electron chi connectivity index (χ1n) is 9.07. The van der Waals surface area contributed by atoms with E-state index < -0.39 is 10.1 Å². The van der Waals surface area contributed by atoms with Crippen molar-refractivity contribution in [1.82, 2.24) is 9.80 Å². The maximum atomic E-state index is 12.8. The summed E-state index contributed by atoms with van der Waals surface area (Å²) < 4.78 is 31.8. The highest BCUT2D eigenvalue weighted by Gasteiger charge is 2.34. The summed E-state index contributed by atoms with van der Waals surface area (Å²) >= 11 is 0. The zero-order chi connectivity index (χ0) is 18.7. The van der Waals surface area contributed by atoms with Crippen LogP contribution in [-0.4, -0.2) is 60.9 Å². The largest absolute Gasteiger partial charge is 0.341 e. The summed E-state index contributed by atoms with van der Waals surface area (Å²) in [6.45, 7) is 1.89. The minimum absolute atomic E-state index is 0.0263. The van der Waals surface area contributed by atoms with E-state index in [-0.39, 0.29) is 23.3 Å². The van der Waals surface area contributed by atoms with Crippen LogP contribution >= 0.6 is 0 Å². The number of rotatable bonds is 5. The van der Waals surface area contributed by atoms with Crippen molar-refractivity contribution in [2.24, 2.45) is 0 Å². The van der Waals surface area contributed by atoms with E-state index in [9.17, 15) is 17.8 Å². The molecule has 142 valence electrons. The molecule has 0 aromatic heterocycles. The number of benzene rings is 1. The van der Waals surface area contributed by atoms with Gasteiger partial charge in [0, 0.05) is 32.2 Å². The highest BCUT2D eigenvalue weighted by molar-refractivity contribution is 7.85. The third-order valence-corrected chi connectivity index (χ3v) is 6.30. The van der Waals surface area contributed by atoms with Crippen LogP contribution in [0.2, 0.25) is 0 Å². The molecule has 1 aromatic carbocycles. The molecule has 3 rings (SSSR count). The second kappa shape index (κ2) is 7.90. The first-order valence-corrected chi connectivity index (χ1v) is 10.5. The van der Waals surface area contributed by atoms with E-state index in [4.69, 9.17) is 0 Å². The van der Waals surface area contributed by atoms with Gasteiger partial charge in [-0.25, -0.2) is 0 Å². The van der Waals surface area contributed by atoms with Crippen molar-refractivity contribution in [3.05, 3.63) is 42.0 Å². The van der Waals surface area contributed by atoms with E-state index in [0.717, 1.165) is 32.4 Å². The Labute approximate surface area is 155 Å². The molecule has 2 atom stereocenters. The van der Waals surface area contributed by atoms with Gasteiger partial charge in [0.25, 0.3) is 10.1 Å². The summed E-state index contributed by atoms with van der Waals surface area (Å²) in [5.74, 6) is -0.0263. The van der Waals surface area contributed by atoms with Crippen LogP contribution < -0.4 is 0 Å². The Morgan fingerprint density at radius 2 is 1.92 bits per heavy atom. The van der Waals surface area contributed by atoms with E-state index in [1.54, 1.807) is 12.1 Å². The van der Waals surface area contributed by atoms with Gasteiger partial charge in [-0.2, -0.15) is 8.42 Å². The van der Waals surface area contributed by atoms with Crippen molar-refractivity contribution in [1.29, 1.82) is 0 Å². The molecule has 1 aliphatic carbocycles. The summed E-state index contributed by atoms with van der Waals surface area (Å²) in [7, 11) is -2.41. The molecule has 1 N–H and O–H groups in total. The molecular formula is C19H26N2O4S. The molecule has 0 saturated heterocycles. The molecule has 1 aliphatic heterocycles. The molecule has 1 aromatic rings. The number of hydrogen-bond acceptors (Lipinski definition) is 4. The van der Waals surface area contributed by atoms with Gasteiger partial charge in [-0.1, -0.05) is 37.1 Å². The van der Waals surface area contributed by atoms with Gasteiger partial charge in [-0.3, -0.25) is 14.2 Å². The van der Waals surface area contributed by atoms with Crippen LogP contribution in [0.5, 0.6) is 0 Å². The standard InChI is InChI=1S/C19H26N2O4S/c1-20(17-9-2-3-10-18(17)21-11-4-5-12-21)19(22)14-15-7-6-8-16(13-15)26(23,24)25/h4-8,13,17-18H,2-3,9-12,14H2,1H3,(H,23,24,25). The molecule has 0 spiro atoms. The lowest BCUT2D eigenvalue weighted by molar-refractivity contribution is -0.133. The van der Waals surface area contributed by atoms with E-state index >= 15 is 0 Å². The first kappa shape index (κ1) is 19.1. The second-order valence-corrected chi connectivity index (χ2v) is 8.57. The Morgan fingerprint density at radius 1 is 1.23 bits per heavy atom. The zero-order valence-corrected chi connectivity index (χ0v) is 15.9. The molecule has 0 radical (unpaired) electrons. The molecule has 0 bridgehead atoms. The number of hydrogen-bond donors (Lipinski definition) is 1. The molecule has 7 heteroatoms. The summed E-state index contributed by atoms with van der Waals surface area (Å²) in [6.07, 6.45) is 8.88. The third kappa shape index (κ3) is 4.34. The van der Waals surface area contributed by atoms with E-state index in [1.807, 2.05) is 11.9 Å². The van der Waals surface area contributed by atoms with E-state index in [2.05, 4.69) is 17.1 Å². The van der Waals surface area contributed by atoms with E-state index in [0.29, 0.717) is 11.6 Å². The topological polar surface area (TPSA) is 77.9 Å². The molecule has 2 unspecified atom stereocenters. The quantitative estimate of drug-likeness (QED) is 0.627. The van der Waals surface area contributed by atoms with Crippen molar-refractivity contribution in [3.8, 4) is 0 Å². The molecule has 1 amide bonds. The minimum Gasteiger partial charge on any atom is -0.341 e. The van der Waals surface area contributed by atoms with Crippen molar-refractivity contribution < 1.29 is 17.8 Å². The second-order valence-electron chi connectivity index (χ2n) is 7.15. The van der Waals surface area contributed by atoms with E-state index in [1.165, 1.54) is 18.6 Å². The molecule has 2 aliphatic rings. The molecule has 1 fully saturated rings. The van der Waals surface area contributed by atoms with Crippen molar-refractivity contribution in [2.75, 3.05) is 20.1 Å². The van der Waals surface area contributed by atoms with Crippen LogP contribution in [0.25, 0.3) is 0 Å². The Hall–Kier alpha value is -1.70. The van der Waals surface area contributed by atoms with Crippen LogP contribution in [0.3, 0.4) is 0 Å². The predicted molar refractivity (Wildman–Crippen MR) is 99.5 cm³/mol. The van der Waals surface area contributed by atoms with Gasteiger partial charge < -0.3 is 4.90 Å². The Morgan fingerprint density at radius 3 is 2.62 bits per heavy atom. The fourth-order valence-electron chi connectivity index (χ4n) is 4.03. The maximum absolute atomic E-state index is 12.8. The average molecular weight is 378 g/mol. The number of carbonyl (C=O) groups is 1. The van der Waals surface area contributed by atoms with Gasteiger partial charge in [0.2, 0.25) is 5.91 Å². The minimum atomic E-state index is -4.26. The number of amides is 1. The van der Waals surface area contributed by atoms with Crippen molar-refractivity contribution >= 4 is 16.0 Å². The third-order valence-electron chi connectivity index (χ3n) is 5.45. The van der Waals surface area contributed by atoms with Gasteiger partial charge in [0.05, 0.1) is 11.3 Å². The van der Waals surface area contributed by atoms with Crippen molar-refractivity contribution in [2.45, 2.75) is 49.1 Å². The lowest BCUT2D eigenvalue weighted by atomic mass is 9.88. The summed E-state index contributed by atoms with van der Waals surface area (Å²) in [6, 6.07) is 6.50. The normalized spacial score (nSPS) is 23.9. The van der Waals surface area contributed by atoms with Gasteiger partial charge in [0.1, 0.15) is 0 Å².